The zero-order chi connectivity index (χ0) is 13.8. The fourth-order valence-corrected chi connectivity index (χ4v) is 2.13. The molecule has 0 aliphatic heterocycles. The minimum Gasteiger partial charge on any atom is -0.294 e. The van der Waals surface area contributed by atoms with Crippen molar-refractivity contribution < 1.29 is 4.39 Å². The van der Waals surface area contributed by atoms with Crippen LogP contribution in [0.15, 0.2) is 42.6 Å². The molecule has 1 heterocycles. The molecule has 1 aromatic carbocycles. The Morgan fingerprint density at radius 3 is 2.74 bits per heavy atom. The fraction of sp³-hybridized carbons (Fsp3) is 0.267. The molecule has 2 aromatic rings. The summed E-state index contributed by atoms with van der Waals surface area (Å²) in [6.07, 6.45) is 1.78. The fourth-order valence-electron chi connectivity index (χ4n) is 1.90. The van der Waals surface area contributed by atoms with E-state index in [0.29, 0.717) is 11.6 Å². The first kappa shape index (κ1) is 14.0. The number of nitrogens with zero attached hydrogens (tertiary/aromatic N) is 2. The molecular formula is C15H16ClFN2. The predicted molar refractivity (Wildman–Crippen MR) is 75.5 cm³/mol. The highest BCUT2D eigenvalue weighted by Gasteiger charge is 2.14. The maximum atomic E-state index is 13.0. The van der Waals surface area contributed by atoms with Crippen molar-refractivity contribution in [1.82, 2.24) is 9.88 Å². The van der Waals surface area contributed by atoms with Crippen LogP contribution in [0.4, 0.5) is 4.39 Å². The van der Waals surface area contributed by atoms with Crippen LogP contribution in [0.25, 0.3) is 0 Å². The van der Waals surface area contributed by atoms with Crippen molar-refractivity contribution >= 4 is 11.6 Å². The maximum Gasteiger partial charge on any atom is 0.124 e. The van der Waals surface area contributed by atoms with Crippen molar-refractivity contribution in [3.63, 3.8) is 0 Å². The minimum absolute atomic E-state index is 0.169. The Kier molecular flexibility index (Phi) is 4.51. The number of hydrogen-bond acceptors (Lipinski definition) is 2. The summed E-state index contributed by atoms with van der Waals surface area (Å²) in [5, 5.41) is 0.458. The minimum atomic E-state index is -0.311. The molecule has 4 heteroatoms. The molecule has 0 radical (unpaired) electrons. The molecule has 0 fully saturated rings. The highest BCUT2D eigenvalue weighted by atomic mass is 35.5. The Bertz CT molecular complexity index is 545. The standard InChI is InChI=1S/C15H16ClFN2/c1-11(15-5-3-4-8-18-15)19(2)10-12-6-7-13(17)9-14(12)16/h3-9,11H,10H2,1-2H3. The third-order valence-corrected chi connectivity index (χ3v) is 3.56. The molecule has 2 nitrogen and oxygen atoms in total. The van der Waals surface area contributed by atoms with Gasteiger partial charge in [-0.05, 0) is 43.8 Å². The molecule has 100 valence electrons. The third kappa shape index (κ3) is 3.52. The first-order chi connectivity index (χ1) is 9.08. The summed E-state index contributed by atoms with van der Waals surface area (Å²) in [6, 6.07) is 10.5. The second-order valence-electron chi connectivity index (χ2n) is 4.58. The zero-order valence-corrected chi connectivity index (χ0v) is 11.7. The molecule has 19 heavy (non-hydrogen) atoms. The van der Waals surface area contributed by atoms with Gasteiger partial charge in [0.25, 0.3) is 0 Å². The van der Waals surface area contributed by atoms with Crippen LogP contribution in [-0.2, 0) is 6.54 Å². The number of halogens is 2. The molecule has 0 aliphatic rings. The first-order valence-electron chi connectivity index (χ1n) is 6.13. The molecule has 1 aromatic heterocycles. The van der Waals surface area contributed by atoms with E-state index in [1.165, 1.54) is 12.1 Å². The number of benzene rings is 1. The van der Waals surface area contributed by atoms with Crippen molar-refractivity contribution in [1.29, 1.82) is 0 Å². The largest absolute Gasteiger partial charge is 0.294 e. The Hall–Kier alpha value is -1.45. The molecule has 0 aliphatic carbocycles. The third-order valence-electron chi connectivity index (χ3n) is 3.21. The number of aromatic nitrogens is 1. The number of pyridine rings is 1. The molecule has 2 rings (SSSR count). The second-order valence-corrected chi connectivity index (χ2v) is 4.99. The average molecular weight is 279 g/mol. The molecule has 1 atom stereocenters. The van der Waals surface area contributed by atoms with Gasteiger partial charge in [-0.3, -0.25) is 9.88 Å². The summed E-state index contributed by atoms with van der Waals surface area (Å²) in [4.78, 5) is 6.47. The quantitative estimate of drug-likeness (QED) is 0.838. The van der Waals surface area contributed by atoms with Gasteiger partial charge in [-0.1, -0.05) is 23.7 Å². The predicted octanol–water partition coefficient (Wildman–Crippen LogP) is 4.07. The van der Waals surface area contributed by atoms with E-state index in [0.717, 1.165) is 11.3 Å². The SMILES string of the molecule is CC(c1ccccn1)N(C)Cc1ccc(F)cc1Cl. The molecule has 0 saturated carbocycles. The molecule has 0 spiro atoms. The second kappa shape index (κ2) is 6.13. The van der Waals surface area contributed by atoms with Gasteiger partial charge < -0.3 is 0 Å². The topological polar surface area (TPSA) is 16.1 Å². The van der Waals surface area contributed by atoms with Crippen LogP contribution in [0.3, 0.4) is 0 Å². The monoisotopic (exact) mass is 278 g/mol. The lowest BCUT2D eigenvalue weighted by Crippen LogP contribution is -2.22. The van der Waals surface area contributed by atoms with Gasteiger partial charge in [-0.15, -0.1) is 0 Å². The lowest BCUT2D eigenvalue weighted by Gasteiger charge is -2.24. The summed E-state index contributed by atoms with van der Waals surface area (Å²) in [5.41, 5.74) is 1.91. The summed E-state index contributed by atoms with van der Waals surface area (Å²) in [6.45, 7) is 2.73. The van der Waals surface area contributed by atoms with Gasteiger partial charge >= 0.3 is 0 Å². The van der Waals surface area contributed by atoms with E-state index in [2.05, 4.69) is 16.8 Å². The molecular weight excluding hydrogens is 263 g/mol. The van der Waals surface area contributed by atoms with Gasteiger partial charge in [0.05, 0.1) is 5.69 Å². The highest BCUT2D eigenvalue weighted by molar-refractivity contribution is 6.31. The van der Waals surface area contributed by atoms with Crippen molar-refractivity contribution in [2.24, 2.45) is 0 Å². The van der Waals surface area contributed by atoms with Crippen molar-refractivity contribution in [2.45, 2.75) is 19.5 Å². The molecule has 0 saturated heterocycles. The van der Waals surface area contributed by atoms with Crippen LogP contribution >= 0.6 is 11.6 Å². The van der Waals surface area contributed by atoms with Crippen LogP contribution < -0.4 is 0 Å². The van der Waals surface area contributed by atoms with Gasteiger partial charge in [0, 0.05) is 23.8 Å². The van der Waals surface area contributed by atoms with Gasteiger partial charge in [-0.25, -0.2) is 4.39 Å². The van der Waals surface area contributed by atoms with Crippen LogP contribution in [0, 0.1) is 5.82 Å². The Labute approximate surface area is 117 Å². The van der Waals surface area contributed by atoms with E-state index in [9.17, 15) is 4.39 Å². The summed E-state index contributed by atoms with van der Waals surface area (Å²) in [5.74, 6) is -0.311. The normalized spacial score (nSPS) is 12.7. The van der Waals surface area contributed by atoms with E-state index in [1.807, 2.05) is 25.2 Å². The molecule has 0 N–H and O–H groups in total. The Balaban J connectivity index is 2.10. The zero-order valence-electron chi connectivity index (χ0n) is 11.0. The van der Waals surface area contributed by atoms with Crippen LogP contribution in [0.2, 0.25) is 5.02 Å². The van der Waals surface area contributed by atoms with Crippen molar-refractivity contribution in [3.05, 3.63) is 64.7 Å². The summed E-state index contributed by atoms with van der Waals surface area (Å²) in [7, 11) is 2.00. The summed E-state index contributed by atoms with van der Waals surface area (Å²) < 4.78 is 13.0. The van der Waals surface area contributed by atoms with E-state index in [4.69, 9.17) is 11.6 Å². The van der Waals surface area contributed by atoms with E-state index < -0.39 is 0 Å². The van der Waals surface area contributed by atoms with Crippen LogP contribution in [-0.4, -0.2) is 16.9 Å². The average Bonchev–Trinajstić information content (AvgIpc) is 2.42. The Morgan fingerprint density at radius 2 is 2.11 bits per heavy atom. The smallest absolute Gasteiger partial charge is 0.124 e. The van der Waals surface area contributed by atoms with Crippen LogP contribution in [0.1, 0.15) is 24.2 Å². The molecule has 1 unspecified atom stereocenters. The van der Waals surface area contributed by atoms with E-state index in [-0.39, 0.29) is 11.9 Å². The molecule has 0 bridgehead atoms. The van der Waals surface area contributed by atoms with E-state index in [1.54, 1.807) is 12.3 Å². The lowest BCUT2D eigenvalue weighted by atomic mass is 10.1. The van der Waals surface area contributed by atoms with Crippen molar-refractivity contribution in [2.75, 3.05) is 7.05 Å². The van der Waals surface area contributed by atoms with Gasteiger partial charge in [0.15, 0.2) is 0 Å². The number of hydrogen-bond donors (Lipinski definition) is 0. The number of rotatable bonds is 4. The Morgan fingerprint density at radius 1 is 1.32 bits per heavy atom. The first-order valence-corrected chi connectivity index (χ1v) is 6.51. The van der Waals surface area contributed by atoms with Crippen LogP contribution in [0.5, 0.6) is 0 Å². The highest BCUT2D eigenvalue weighted by Crippen LogP contribution is 2.23. The van der Waals surface area contributed by atoms with Gasteiger partial charge in [0.1, 0.15) is 5.82 Å². The summed E-state index contributed by atoms with van der Waals surface area (Å²) >= 11 is 6.04. The van der Waals surface area contributed by atoms with E-state index >= 15 is 0 Å². The lowest BCUT2D eigenvalue weighted by molar-refractivity contribution is 0.248. The van der Waals surface area contributed by atoms with Crippen molar-refractivity contribution in [3.8, 4) is 0 Å². The maximum absolute atomic E-state index is 13.0. The van der Waals surface area contributed by atoms with Gasteiger partial charge in [0.2, 0.25) is 0 Å². The van der Waals surface area contributed by atoms with Gasteiger partial charge in [-0.2, -0.15) is 0 Å². The molecule has 0 amide bonds.